The van der Waals surface area contributed by atoms with Crippen molar-refractivity contribution in [1.29, 1.82) is 5.41 Å². The molecular weight excluding hydrogens is 218 g/mol. The van der Waals surface area contributed by atoms with Crippen molar-refractivity contribution in [3.8, 4) is 5.88 Å². The molecule has 0 atom stereocenters. The van der Waals surface area contributed by atoms with Gasteiger partial charge < -0.3 is 15.4 Å². The van der Waals surface area contributed by atoms with Crippen molar-refractivity contribution in [2.75, 3.05) is 0 Å². The Hall–Kier alpha value is -2.37. The molecule has 1 aromatic heterocycles. The molecule has 0 amide bonds. The van der Waals surface area contributed by atoms with E-state index < -0.39 is 5.96 Å². The average molecular weight is 231 g/mol. The number of nitrogens with zero attached hydrogens (tertiary/aromatic N) is 3. The molecule has 0 saturated heterocycles. The predicted octanol–water partition coefficient (Wildman–Crippen LogP) is 2.17. The van der Waals surface area contributed by atoms with Crippen LogP contribution >= 0.6 is 0 Å². The second-order valence-electron chi connectivity index (χ2n) is 3.84. The molecule has 2 rings (SSSR count). The van der Waals surface area contributed by atoms with Crippen LogP contribution in [0.15, 0.2) is 28.4 Å². The van der Waals surface area contributed by atoms with Crippen LogP contribution in [0.2, 0.25) is 0 Å². The lowest BCUT2D eigenvalue weighted by Crippen LogP contribution is -2.03. The van der Waals surface area contributed by atoms with Gasteiger partial charge in [0, 0.05) is 12.4 Å². The summed E-state index contributed by atoms with van der Waals surface area (Å²) in [5.41, 5.74) is 7.35. The van der Waals surface area contributed by atoms with E-state index in [9.17, 15) is 5.11 Å². The lowest BCUT2D eigenvalue weighted by molar-refractivity contribution is 0.436. The summed E-state index contributed by atoms with van der Waals surface area (Å²) in [6, 6.07) is 5.76. The fourth-order valence-corrected chi connectivity index (χ4v) is 1.73. The van der Waals surface area contributed by atoms with Gasteiger partial charge in [-0.2, -0.15) is 0 Å². The summed E-state index contributed by atoms with van der Waals surface area (Å²) in [5.74, 6) is -0.385. The van der Waals surface area contributed by atoms with Crippen LogP contribution in [-0.2, 0) is 7.05 Å². The number of fused-ring (bicyclic) bond motifs is 1. The molecule has 0 radical (unpaired) electrons. The summed E-state index contributed by atoms with van der Waals surface area (Å²) in [7, 11) is 1.74. The van der Waals surface area contributed by atoms with E-state index in [4.69, 9.17) is 11.1 Å². The molecule has 17 heavy (non-hydrogen) atoms. The summed E-state index contributed by atoms with van der Waals surface area (Å²) in [4.78, 5) is 0. The molecule has 2 aromatic rings. The molecule has 0 fully saturated rings. The number of guanidine groups is 1. The maximum Gasteiger partial charge on any atom is 0.232 e. The Morgan fingerprint density at radius 3 is 2.82 bits per heavy atom. The number of rotatable bonds is 1. The zero-order valence-corrected chi connectivity index (χ0v) is 9.60. The summed E-state index contributed by atoms with van der Waals surface area (Å²) in [6.07, 6.45) is 0. The molecule has 4 N–H and O–H groups in total. The van der Waals surface area contributed by atoms with E-state index in [1.807, 2.05) is 25.1 Å². The molecule has 0 bridgehead atoms. The number of hydrogen-bond acceptors (Lipinski definition) is 3. The molecule has 0 unspecified atom stereocenters. The fourth-order valence-electron chi connectivity index (χ4n) is 1.73. The summed E-state index contributed by atoms with van der Waals surface area (Å²) < 4.78 is 1.61. The molecule has 6 nitrogen and oxygen atoms in total. The molecule has 6 heteroatoms. The Bertz CT molecular complexity index is 626. The van der Waals surface area contributed by atoms with Crippen LogP contribution in [0, 0.1) is 12.3 Å². The highest BCUT2D eigenvalue weighted by atomic mass is 16.3. The number of azo groups is 1. The lowest BCUT2D eigenvalue weighted by atomic mass is 10.1. The predicted molar refractivity (Wildman–Crippen MR) is 65.8 cm³/mol. The van der Waals surface area contributed by atoms with Gasteiger partial charge in [-0.25, -0.2) is 0 Å². The number of aromatic nitrogens is 1. The summed E-state index contributed by atoms with van der Waals surface area (Å²) >= 11 is 0. The van der Waals surface area contributed by atoms with Crippen molar-refractivity contribution in [3.63, 3.8) is 0 Å². The van der Waals surface area contributed by atoms with Crippen LogP contribution in [-0.4, -0.2) is 15.6 Å². The summed E-state index contributed by atoms with van der Waals surface area (Å²) in [6.45, 7) is 1.95. The van der Waals surface area contributed by atoms with Gasteiger partial charge in [0.1, 0.15) is 0 Å². The van der Waals surface area contributed by atoms with E-state index in [0.717, 1.165) is 16.5 Å². The van der Waals surface area contributed by atoms with Crippen LogP contribution in [0.5, 0.6) is 5.88 Å². The zero-order chi connectivity index (χ0) is 12.6. The molecule has 1 aromatic carbocycles. The minimum atomic E-state index is -0.394. The Balaban J connectivity index is 2.72. The number of benzene rings is 1. The molecular formula is C11H13N5O. The van der Waals surface area contributed by atoms with Gasteiger partial charge in [-0.15, -0.1) is 10.2 Å². The fraction of sp³-hybridized carbons (Fsp3) is 0.182. The van der Waals surface area contributed by atoms with Crippen molar-refractivity contribution in [2.24, 2.45) is 23.0 Å². The van der Waals surface area contributed by atoms with Gasteiger partial charge >= 0.3 is 0 Å². The van der Waals surface area contributed by atoms with Crippen LogP contribution < -0.4 is 5.73 Å². The Morgan fingerprint density at radius 2 is 2.18 bits per heavy atom. The van der Waals surface area contributed by atoms with Crippen molar-refractivity contribution in [1.82, 2.24) is 4.57 Å². The Labute approximate surface area is 97.9 Å². The molecule has 0 aliphatic heterocycles. The smallest absolute Gasteiger partial charge is 0.232 e. The largest absolute Gasteiger partial charge is 0.493 e. The minimum absolute atomic E-state index is 0.00981. The number of aromatic hydroxyl groups is 1. The number of aryl methyl sites for hydroxylation is 2. The van der Waals surface area contributed by atoms with Crippen LogP contribution in [0.25, 0.3) is 10.9 Å². The topological polar surface area (TPSA) is 99.8 Å². The van der Waals surface area contributed by atoms with E-state index in [2.05, 4.69) is 10.2 Å². The highest BCUT2D eigenvalue weighted by Crippen LogP contribution is 2.38. The number of nitrogens with one attached hydrogen (secondary N) is 1. The van der Waals surface area contributed by atoms with E-state index >= 15 is 0 Å². The third-order valence-corrected chi connectivity index (χ3v) is 2.56. The number of nitrogens with two attached hydrogens (primary N) is 1. The first-order valence-electron chi connectivity index (χ1n) is 5.04. The normalized spacial score (nSPS) is 11.4. The van der Waals surface area contributed by atoms with Crippen molar-refractivity contribution < 1.29 is 5.11 Å². The third kappa shape index (κ3) is 1.84. The van der Waals surface area contributed by atoms with E-state index in [1.165, 1.54) is 0 Å². The van der Waals surface area contributed by atoms with E-state index in [1.54, 1.807) is 11.6 Å². The average Bonchev–Trinajstić information content (AvgIpc) is 2.49. The second kappa shape index (κ2) is 3.89. The van der Waals surface area contributed by atoms with E-state index in [0.29, 0.717) is 5.69 Å². The van der Waals surface area contributed by atoms with Crippen LogP contribution in [0.1, 0.15) is 5.56 Å². The molecule has 0 aliphatic carbocycles. The van der Waals surface area contributed by atoms with Gasteiger partial charge in [-0.05, 0) is 19.1 Å². The van der Waals surface area contributed by atoms with Gasteiger partial charge in [-0.1, -0.05) is 11.6 Å². The van der Waals surface area contributed by atoms with Crippen LogP contribution in [0.4, 0.5) is 5.69 Å². The van der Waals surface area contributed by atoms with Gasteiger partial charge in [0.25, 0.3) is 0 Å². The maximum atomic E-state index is 9.92. The Kier molecular flexibility index (Phi) is 2.55. The molecule has 0 aliphatic rings. The molecule has 88 valence electrons. The molecule has 0 saturated carbocycles. The highest BCUT2D eigenvalue weighted by Gasteiger charge is 2.14. The monoisotopic (exact) mass is 231 g/mol. The van der Waals surface area contributed by atoms with Gasteiger partial charge in [0.15, 0.2) is 5.69 Å². The van der Waals surface area contributed by atoms with Crippen molar-refractivity contribution in [2.45, 2.75) is 6.92 Å². The Morgan fingerprint density at radius 1 is 1.47 bits per heavy atom. The van der Waals surface area contributed by atoms with Crippen molar-refractivity contribution in [3.05, 3.63) is 23.8 Å². The maximum absolute atomic E-state index is 9.92. The summed E-state index contributed by atoms with van der Waals surface area (Å²) in [5, 5.41) is 25.0. The van der Waals surface area contributed by atoms with E-state index in [-0.39, 0.29) is 5.88 Å². The molecule has 1 heterocycles. The lowest BCUT2D eigenvalue weighted by Gasteiger charge is -1.96. The standard InChI is InChI=1S/C11H13N5O/c1-6-3-4-8-7(5-6)9(10(17)16(8)2)14-15-11(12)13/h3-5,17H,1-2H3,(H3,12,13). The van der Waals surface area contributed by atoms with Crippen molar-refractivity contribution >= 4 is 22.5 Å². The SMILES string of the molecule is Cc1ccc2c(c1)c(N=NC(=N)N)c(O)n2C. The van der Waals surface area contributed by atoms with Gasteiger partial charge in [0.2, 0.25) is 11.8 Å². The van der Waals surface area contributed by atoms with Gasteiger partial charge in [0.05, 0.1) is 5.52 Å². The first kappa shape index (κ1) is 11.1. The van der Waals surface area contributed by atoms with Gasteiger partial charge in [-0.3, -0.25) is 5.41 Å². The third-order valence-electron chi connectivity index (χ3n) is 2.56. The number of hydrogen-bond donors (Lipinski definition) is 3. The quantitative estimate of drug-likeness (QED) is 0.398. The first-order chi connectivity index (χ1) is 8.00. The minimum Gasteiger partial charge on any atom is -0.493 e. The zero-order valence-electron chi connectivity index (χ0n) is 9.60. The second-order valence-corrected chi connectivity index (χ2v) is 3.84. The first-order valence-corrected chi connectivity index (χ1v) is 5.04. The highest BCUT2D eigenvalue weighted by molar-refractivity contribution is 5.95. The molecule has 0 spiro atoms. The van der Waals surface area contributed by atoms with Crippen LogP contribution in [0.3, 0.4) is 0 Å².